The van der Waals surface area contributed by atoms with Crippen LogP contribution in [0.15, 0.2) is 0 Å². The van der Waals surface area contributed by atoms with E-state index in [9.17, 15) is 4.79 Å². The monoisotopic (exact) mass is 314 g/mol. The second kappa shape index (κ2) is 8.12. The van der Waals surface area contributed by atoms with Crippen molar-refractivity contribution in [3.05, 3.63) is 4.88 Å². The van der Waals surface area contributed by atoms with Crippen molar-refractivity contribution < 1.29 is 14.3 Å². The van der Waals surface area contributed by atoms with Crippen LogP contribution in [-0.4, -0.2) is 24.7 Å². The summed E-state index contributed by atoms with van der Waals surface area (Å²) in [6.45, 7) is 10.2. The Hall–Kier alpha value is -1.43. The molecule has 0 atom stereocenters. The minimum Gasteiger partial charge on any atom is -0.486 e. The summed E-state index contributed by atoms with van der Waals surface area (Å²) < 4.78 is 10.8. The minimum atomic E-state index is -0.397. The first-order valence-electron chi connectivity index (χ1n) is 7.46. The highest BCUT2D eigenvalue weighted by molar-refractivity contribution is 7.19. The zero-order valence-corrected chi connectivity index (χ0v) is 14.3. The van der Waals surface area contributed by atoms with Crippen LogP contribution in [0.3, 0.4) is 0 Å². The molecule has 0 saturated carbocycles. The summed E-state index contributed by atoms with van der Waals surface area (Å²) in [6.07, 6.45) is 1.97. The maximum atomic E-state index is 12.0. The van der Waals surface area contributed by atoms with Crippen molar-refractivity contribution in [1.82, 2.24) is 0 Å². The fraction of sp³-hybridized carbons (Fsp3) is 0.667. The summed E-state index contributed by atoms with van der Waals surface area (Å²) in [5.74, 6) is 0.163. The highest BCUT2D eigenvalue weighted by Gasteiger charge is 2.24. The van der Waals surface area contributed by atoms with E-state index < -0.39 is 5.97 Å². The van der Waals surface area contributed by atoms with E-state index in [0.717, 1.165) is 17.8 Å². The number of anilines is 2. The van der Waals surface area contributed by atoms with Gasteiger partial charge in [0.2, 0.25) is 0 Å². The Morgan fingerprint density at radius 2 is 1.90 bits per heavy atom. The number of carbonyl (C=O) groups excluding carboxylic acids is 1. The molecule has 0 aromatic carbocycles. The number of carbonyl (C=O) groups is 1. The van der Waals surface area contributed by atoms with Gasteiger partial charge < -0.3 is 20.5 Å². The maximum absolute atomic E-state index is 12.0. The number of nitrogens with two attached hydrogens (primary N) is 1. The number of ether oxygens (including phenoxy) is 2. The predicted molar refractivity (Wildman–Crippen MR) is 88.4 cm³/mol. The number of hydrogen-bond donors (Lipinski definition) is 2. The van der Waals surface area contributed by atoms with E-state index in [-0.39, 0.29) is 6.10 Å². The number of thiophene rings is 1. The molecular formula is C15H26N2O3S. The Balaban J connectivity index is 3.14. The summed E-state index contributed by atoms with van der Waals surface area (Å²) in [5, 5.41) is 4.22. The van der Waals surface area contributed by atoms with Gasteiger partial charge in [0.15, 0.2) is 5.75 Å². The van der Waals surface area contributed by atoms with Gasteiger partial charge in [0.1, 0.15) is 15.6 Å². The van der Waals surface area contributed by atoms with E-state index in [4.69, 9.17) is 15.2 Å². The Kier molecular flexibility index (Phi) is 6.81. The topological polar surface area (TPSA) is 73.6 Å². The van der Waals surface area contributed by atoms with Crippen LogP contribution in [0, 0.1) is 0 Å². The third kappa shape index (κ3) is 4.52. The van der Waals surface area contributed by atoms with Gasteiger partial charge in [0, 0.05) is 6.04 Å². The number of nitrogen functional groups attached to an aromatic ring is 1. The van der Waals surface area contributed by atoms with Gasteiger partial charge in [-0.2, -0.15) is 0 Å². The average molecular weight is 314 g/mol. The number of esters is 1. The van der Waals surface area contributed by atoms with Gasteiger partial charge in [-0.05, 0) is 33.6 Å². The molecule has 0 bridgehead atoms. The van der Waals surface area contributed by atoms with Crippen LogP contribution in [0.2, 0.25) is 0 Å². The molecule has 1 aromatic heterocycles. The lowest BCUT2D eigenvalue weighted by molar-refractivity contribution is 0.0533. The molecule has 0 spiro atoms. The Morgan fingerprint density at radius 3 is 2.38 bits per heavy atom. The fourth-order valence-electron chi connectivity index (χ4n) is 1.90. The van der Waals surface area contributed by atoms with Gasteiger partial charge >= 0.3 is 5.97 Å². The molecule has 6 heteroatoms. The van der Waals surface area contributed by atoms with E-state index in [0.29, 0.717) is 29.0 Å². The first-order chi connectivity index (χ1) is 9.94. The second-order valence-corrected chi connectivity index (χ2v) is 6.07. The lowest BCUT2D eigenvalue weighted by Crippen LogP contribution is -2.17. The summed E-state index contributed by atoms with van der Waals surface area (Å²) in [7, 11) is 0. The first-order valence-corrected chi connectivity index (χ1v) is 8.28. The second-order valence-electron chi connectivity index (χ2n) is 5.05. The third-order valence-corrected chi connectivity index (χ3v) is 4.13. The van der Waals surface area contributed by atoms with E-state index in [1.807, 2.05) is 13.8 Å². The highest BCUT2D eigenvalue weighted by atomic mass is 32.1. The molecule has 1 heterocycles. The average Bonchev–Trinajstić information content (AvgIpc) is 2.73. The molecule has 1 rings (SSSR count). The van der Waals surface area contributed by atoms with Crippen molar-refractivity contribution >= 4 is 28.0 Å². The van der Waals surface area contributed by atoms with Crippen LogP contribution in [0.4, 0.5) is 10.7 Å². The lowest BCUT2D eigenvalue weighted by Gasteiger charge is -2.17. The van der Waals surface area contributed by atoms with Crippen LogP contribution in [0.1, 0.15) is 57.1 Å². The van der Waals surface area contributed by atoms with Gasteiger partial charge in [0.25, 0.3) is 0 Å². The van der Waals surface area contributed by atoms with Crippen molar-refractivity contribution in [2.75, 3.05) is 17.7 Å². The Bertz CT molecular complexity index is 468. The summed E-state index contributed by atoms with van der Waals surface area (Å²) in [6, 6.07) is 0.326. The lowest BCUT2D eigenvalue weighted by atomic mass is 10.2. The Labute approximate surface area is 130 Å². The third-order valence-electron chi connectivity index (χ3n) is 3.03. The van der Waals surface area contributed by atoms with Gasteiger partial charge in [-0.3, -0.25) is 0 Å². The van der Waals surface area contributed by atoms with Crippen LogP contribution >= 0.6 is 11.3 Å². The summed E-state index contributed by atoms with van der Waals surface area (Å²) in [4.78, 5) is 12.4. The molecule has 21 heavy (non-hydrogen) atoms. The molecule has 3 N–H and O–H groups in total. The maximum Gasteiger partial charge on any atom is 0.350 e. The molecule has 120 valence electrons. The summed E-state index contributed by atoms with van der Waals surface area (Å²) in [5.41, 5.74) is 6.45. The zero-order valence-electron chi connectivity index (χ0n) is 13.5. The smallest absolute Gasteiger partial charge is 0.350 e. The molecule has 0 unspecified atom stereocenters. The molecule has 0 aliphatic heterocycles. The van der Waals surface area contributed by atoms with Crippen molar-refractivity contribution in [2.45, 2.75) is 59.6 Å². The van der Waals surface area contributed by atoms with Crippen LogP contribution < -0.4 is 15.8 Å². The molecule has 1 aromatic rings. The van der Waals surface area contributed by atoms with E-state index in [1.54, 1.807) is 6.92 Å². The van der Waals surface area contributed by atoms with Gasteiger partial charge in [-0.25, -0.2) is 4.79 Å². The van der Waals surface area contributed by atoms with Gasteiger partial charge in [-0.1, -0.05) is 13.8 Å². The zero-order chi connectivity index (χ0) is 16.0. The first kappa shape index (κ1) is 17.6. The quantitative estimate of drug-likeness (QED) is 0.712. The normalized spacial score (nSPS) is 11.0. The molecule has 0 amide bonds. The molecule has 5 nitrogen and oxygen atoms in total. The Morgan fingerprint density at radius 1 is 1.29 bits per heavy atom. The molecule has 0 saturated heterocycles. The summed E-state index contributed by atoms with van der Waals surface area (Å²) >= 11 is 1.30. The largest absolute Gasteiger partial charge is 0.486 e. The fourth-order valence-corrected chi connectivity index (χ4v) is 2.93. The van der Waals surface area contributed by atoms with Crippen LogP contribution in [0.25, 0.3) is 0 Å². The molecule has 0 fully saturated rings. The molecular weight excluding hydrogens is 288 g/mol. The van der Waals surface area contributed by atoms with Crippen LogP contribution in [-0.2, 0) is 4.74 Å². The van der Waals surface area contributed by atoms with Crippen LogP contribution in [0.5, 0.6) is 5.75 Å². The van der Waals surface area contributed by atoms with Crippen molar-refractivity contribution in [3.63, 3.8) is 0 Å². The van der Waals surface area contributed by atoms with Crippen molar-refractivity contribution in [2.24, 2.45) is 0 Å². The van der Waals surface area contributed by atoms with Gasteiger partial charge in [0.05, 0.1) is 12.7 Å². The minimum absolute atomic E-state index is 0.0146. The molecule has 0 aliphatic rings. The standard InChI is InChI=1S/C15H26N2O3S/c1-6-10(7-2)17-14-12(20-9(4)5)11(16)13(21-14)15(18)19-8-3/h9-10,17H,6-8,16H2,1-5H3. The number of hydrogen-bond acceptors (Lipinski definition) is 6. The SMILES string of the molecule is CCOC(=O)c1sc(NC(CC)CC)c(OC(C)C)c1N. The molecule has 0 radical (unpaired) electrons. The van der Waals surface area contributed by atoms with Crippen molar-refractivity contribution in [1.29, 1.82) is 0 Å². The predicted octanol–water partition coefficient (Wildman–Crippen LogP) is 3.89. The van der Waals surface area contributed by atoms with E-state index in [2.05, 4.69) is 19.2 Å². The number of nitrogens with one attached hydrogen (secondary N) is 1. The highest BCUT2D eigenvalue weighted by Crippen LogP contribution is 2.44. The number of rotatable bonds is 8. The van der Waals surface area contributed by atoms with E-state index >= 15 is 0 Å². The van der Waals surface area contributed by atoms with Crippen molar-refractivity contribution in [3.8, 4) is 5.75 Å². The molecule has 0 aliphatic carbocycles. The van der Waals surface area contributed by atoms with Gasteiger partial charge in [-0.15, -0.1) is 11.3 Å². The van der Waals surface area contributed by atoms with E-state index in [1.165, 1.54) is 11.3 Å².